The van der Waals surface area contributed by atoms with Crippen LogP contribution >= 0.6 is 0 Å². The molecule has 1 aromatic rings. The van der Waals surface area contributed by atoms with Gasteiger partial charge in [-0.05, 0) is 31.4 Å². The lowest BCUT2D eigenvalue weighted by Gasteiger charge is -2.30. The molecular weight excluding hydrogens is 420 g/mol. The molecule has 0 saturated carbocycles. The third-order valence-electron chi connectivity index (χ3n) is 5.53. The molecule has 32 heavy (non-hydrogen) atoms. The Labute approximate surface area is 184 Å². The van der Waals surface area contributed by atoms with Crippen molar-refractivity contribution in [1.29, 1.82) is 0 Å². The van der Waals surface area contributed by atoms with Gasteiger partial charge in [-0.25, -0.2) is 4.79 Å². The van der Waals surface area contributed by atoms with Gasteiger partial charge in [0, 0.05) is 13.0 Å². The highest BCUT2D eigenvalue weighted by molar-refractivity contribution is 6.00. The number of primary amides is 1. The number of rotatable bonds is 4. The van der Waals surface area contributed by atoms with E-state index in [9.17, 15) is 29.1 Å². The molecule has 2 heterocycles. The van der Waals surface area contributed by atoms with Gasteiger partial charge in [-0.15, -0.1) is 0 Å². The van der Waals surface area contributed by atoms with Crippen molar-refractivity contribution < 1.29 is 33.8 Å². The molecule has 172 valence electrons. The maximum Gasteiger partial charge on any atom is 0.326 e. The van der Waals surface area contributed by atoms with Crippen LogP contribution in [0.1, 0.15) is 42.5 Å². The third-order valence-corrected chi connectivity index (χ3v) is 5.53. The first-order valence-corrected chi connectivity index (χ1v) is 10.4. The maximum absolute atomic E-state index is 13.2. The van der Waals surface area contributed by atoms with Crippen molar-refractivity contribution in [3.05, 3.63) is 29.8 Å². The number of amides is 4. The van der Waals surface area contributed by atoms with E-state index in [2.05, 4.69) is 10.6 Å². The van der Waals surface area contributed by atoms with Crippen LogP contribution in [0.5, 0.6) is 5.75 Å². The van der Waals surface area contributed by atoms with Crippen molar-refractivity contribution in [3.63, 3.8) is 0 Å². The predicted molar refractivity (Wildman–Crippen MR) is 111 cm³/mol. The fraction of sp³-hybridized carbons (Fsp3) is 0.476. The van der Waals surface area contributed by atoms with Crippen LogP contribution in [0, 0.1) is 0 Å². The number of para-hydroxylation sites is 1. The van der Waals surface area contributed by atoms with Gasteiger partial charge < -0.3 is 31.1 Å². The fourth-order valence-electron chi connectivity index (χ4n) is 3.88. The summed E-state index contributed by atoms with van der Waals surface area (Å²) in [6.07, 6.45) is 0.681. The van der Waals surface area contributed by atoms with Gasteiger partial charge >= 0.3 is 5.97 Å². The molecule has 0 spiro atoms. The van der Waals surface area contributed by atoms with Crippen molar-refractivity contribution >= 4 is 29.6 Å². The largest absolute Gasteiger partial charge is 0.491 e. The molecule has 3 rings (SSSR count). The molecule has 0 aromatic heterocycles. The summed E-state index contributed by atoms with van der Waals surface area (Å²) in [4.78, 5) is 63.0. The van der Waals surface area contributed by atoms with Gasteiger partial charge in [0.2, 0.25) is 17.7 Å². The highest BCUT2D eigenvalue weighted by atomic mass is 16.5. The molecule has 4 amide bonds. The van der Waals surface area contributed by atoms with Crippen LogP contribution in [0.4, 0.5) is 0 Å². The number of nitrogens with one attached hydrogen (secondary N) is 2. The van der Waals surface area contributed by atoms with E-state index in [0.717, 1.165) is 6.42 Å². The fourth-order valence-corrected chi connectivity index (χ4v) is 3.88. The molecule has 2 aliphatic heterocycles. The topological polar surface area (TPSA) is 168 Å². The Kier molecular flexibility index (Phi) is 7.29. The number of carbonyl (C=O) groups is 5. The molecule has 3 atom stereocenters. The predicted octanol–water partition coefficient (Wildman–Crippen LogP) is -0.607. The first-order chi connectivity index (χ1) is 15.3. The average molecular weight is 446 g/mol. The summed E-state index contributed by atoms with van der Waals surface area (Å²) in [5, 5.41) is 14.3. The standard InChI is InChI=1S/C21H26N4O7/c22-17(26)8-7-14-20(29)25-9-3-4-12(25)11-32-16-6-2-1-5-13(16)19(28)24-15(21(30)31)10-18(27)23-14/h1-2,5-6,12,14-15H,3-4,7-11H2,(H2,22,26)(H,23,27)(H,24,28)(H,30,31)/t12-,14+,15+/m1/s1. The Morgan fingerprint density at radius 1 is 1.19 bits per heavy atom. The Bertz CT molecular complexity index is 919. The van der Waals surface area contributed by atoms with Crippen molar-refractivity contribution in [2.24, 2.45) is 5.73 Å². The van der Waals surface area contributed by atoms with E-state index < -0.39 is 42.2 Å². The molecule has 1 aromatic carbocycles. The molecule has 2 aliphatic rings. The third kappa shape index (κ3) is 5.54. The summed E-state index contributed by atoms with van der Waals surface area (Å²) in [6.45, 7) is 0.574. The molecule has 1 fully saturated rings. The van der Waals surface area contributed by atoms with Crippen LogP contribution < -0.4 is 21.1 Å². The molecule has 0 unspecified atom stereocenters. The van der Waals surface area contributed by atoms with Crippen molar-refractivity contribution in [3.8, 4) is 5.75 Å². The number of ether oxygens (including phenoxy) is 1. The van der Waals surface area contributed by atoms with E-state index in [0.29, 0.717) is 13.0 Å². The summed E-state index contributed by atoms with van der Waals surface area (Å²) in [6, 6.07) is 3.52. The maximum atomic E-state index is 13.2. The number of benzene rings is 1. The molecule has 0 bridgehead atoms. The zero-order valence-electron chi connectivity index (χ0n) is 17.4. The number of nitrogens with zero attached hydrogens (tertiary/aromatic N) is 1. The van der Waals surface area contributed by atoms with Crippen LogP contribution in [0.25, 0.3) is 0 Å². The first-order valence-electron chi connectivity index (χ1n) is 10.4. The normalized spacial score (nSPS) is 24.3. The van der Waals surface area contributed by atoms with E-state index in [1.165, 1.54) is 6.07 Å². The highest BCUT2D eigenvalue weighted by Crippen LogP contribution is 2.24. The van der Waals surface area contributed by atoms with Gasteiger partial charge in [-0.1, -0.05) is 12.1 Å². The SMILES string of the molecule is NC(=O)CC[C@@H]1NC(=O)C[C@@H](C(=O)O)NC(=O)c2ccccc2OC[C@H]2CCCN2C1=O. The smallest absolute Gasteiger partial charge is 0.326 e. The van der Waals surface area contributed by atoms with Crippen LogP contribution in [0.15, 0.2) is 24.3 Å². The number of carbonyl (C=O) groups excluding carboxylic acids is 4. The molecule has 0 aliphatic carbocycles. The summed E-state index contributed by atoms with van der Waals surface area (Å²) in [5.74, 6) is -3.59. The minimum Gasteiger partial charge on any atom is -0.491 e. The molecule has 0 radical (unpaired) electrons. The number of nitrogens with two attached hydrogens (primary N) is 1. The second-order valence-electron chi connectivity index (χ2n) is 7.83. The zero-order chi connectivity index (χ0) is 23.3. The van der Waals surface area contributed by atoms with Gasteiger partial charge in [-0.3, -0.25) is 19.2 Å². The second kappa shape index (κ2) is 10.1. The Morgan fingerprint density at radius 2 is 1.94 bits per heavy atom. The van der Waals surface area contributed by atoms with Gasteiger partial charge in [0.1, 0.15) is 24.4 Å². The molecular formula is C21H26N4O7. The van der Waals surface area contributed by atoms with Gasteiger partial charge in [0.15, 0.2) is 0 Å². The van der Waals surface area contributed by atoms with E-state index in [1.807, 2.05) is 0 Å². The summed E-state index contributed by atoms with van der Waals surface area (Å²) < 4.78 is 5.85. The summed E-state index contributed by atoms with van der Waals surface area (Å²) >= 11 is 0. The highest BCUT2D eigenvalue weighted by Gasteiger charge is 2.36. The van der Waals surface area contributed by atoms with E-state index in [1.54, 1.807) is 23.1 Å². The van der Waals surface area contributed by atoms with Crippen molar-refractivity contribution in [1.82, 2.24) is 15.5 Å². The summed E-state index contributed by atoms with van der Waals surface area (Å²) in [7, 11) is 0. The van der Waals surface area contributed by atoms with Gasteiger partial charge in [0.05, 0.1) is 18.0 Å². The molecule has 5 N–H and O–H groups in total. The lowest BCUT2D eigenvalue weighted by atomic mass is 10.1. The Morgan fingerprint density at radius 3 is 2.66 bits per heavy atom. The van der Waals surface area contributed by atoms with E-state index in [4.69, 9.17) is 10.5 Å². The van der Waals surface area contributed by atoms with E-state index >= 15 is 0 Å². The minimum absolute atomic E-state index is 0.0169. The van der Waals surface area contributed by atoms with Crippen LogP contribution in [-0.2, 0) is 19.2 Å². The molecule has 1 saturated heterocycles. The number of carboxylic acids is 1. The molecule has 11 heteroatoms. The van der Waals surface area contributed by atoms with Crippen LogP contribution in [-0.4, -0.2) is 70.9 Å². The van der Waals surface area contributed by atoms with Crippen LogP contribution in [0.2, 0.25) is 0 Å². The monoisotopic (exact) mass is 446 g/mol. The molecule has 11 nitrogen and oxygen atoms in total. The van der Waals surface area contributed by atoms with E-state index in [-0.39, 0.29) is 42.7 Å². The number of fused-ring (bicyclic) bond motifs is 2. The average Bonchev–Trinajstić information content (AvgIpc) is 3.22. The summed E-state index contributed by atoms with van der Waals surface area (Å²) in [5.41, 5.74) is 5.34. The van der Waals surface area contributed by atoms with Crippen LogP contribution in [0.3, 0.4) is 0 Å². The van der Waals surface area contributed by atoms with Crippen molar-refractivity contribution in [2.45, 2.75) is 50.2 Å². The Balaban J connectivity index is 1.93. The van der Waals surface area contributed by atoms with Crippen molar-refractivity contribution in [2.75, 3.05) is 13.2 Å². The lowest BCUT2D eigenvalue weighted by Crippen LogP contribution is -2.53. The minimum atomic E-state index is -1.52. The number of aliphatic carboxylic acids is 1. The number of hydrogen-bond acceptors (Lipinski definition) is 6. The number of carboxylic acid groups (broad SMARTS) is 1. The van der Waals surface area contributed by atoms with Gasteiger partial charge in [-0.2, -0.15) is 0 Å². The zero-order valence-corrected chi connectivity index (χ0v) is 17.4. The Hall–Kier alpha value is -3.63. The first kappa shape index (κ1) is 23.0. The lowest BCUT2D eigenvalue weighted by molar-refractivity contribution is -0.142. The van der Waals surface area contributed by atoms with Gasteiger partial charge in [0.25, 0.3) is 5.91 Å². The second-order valence-corrected chi connectivity index (χ2v) is 7.83. The number of hydrogen-bond donors (Lipinski definition) is 4. The quantitative estimate of drug-likeness (QED) is 0.478.